The molecule has 0 radical (unpaired) electrons. The van der Waals surface area contributed by atoms with Crippen molar-refractivity contribution < 1.29 is 9.59 Å². The zero-order valence-electron chi connectivity index (χ0n) is 17.5. The van der Waals surface area contributed by atoms with E-state index in [9.17, 15) is 9.59 Å². The Morgan fingerprint density at radius 2 is 1.90 bits per heavy atom. The summed E-state index contributed by atoms with van der Waals surface area (Å²) in [6.45, 7) is 4.30. The van der Waals surface area contributed by atoms with E-state index >= 15 is 0 Å². The fourth-order valence-electron chi connectivity index (χ4n) is 4.25. The number of H-pyrrole nitrogens is 1. The molecule has 0 aliphatic carbocycles. The Balaban J connectivity index is 1.26. The second kappa shape index (κ2) is 7.99. The molecule has 0 saturated carbocycles. The minimum Gasteiger partial charge on any atom is -0.336 e. The first kappa shape index (κ1) is 19.5. The molecule has 0 unspecified atom stereocenters. The van der Waals surface area contributed by atoms with Crippen LogP contribution in [0.1, 0.15) is 21.5 Å². The molecule has 0 spiro atoms. The van der Waals surface area contributed by atoms with Crippen LogP contribution in [-0.4, -0.2) is 81.6 Å². The molecule has 3 amide bonds. The van der Waals surface area contributed by atoms with Crippen molar-refractivity contribution in [3.05, 3.63) is 53.3 Å². The zero-order chi connectivity index (χ0) is 21.4. The van der Waals surface area contributed by atoms with Gasteiger partial charge in [0.2, 0.25) is 0 Å². The van der Waals surface area contributed by atoms with Crippen LogP contribution in [0.15, 0.2) is 36.7 Å². The second-order valence-corrected chi connectivity index (χ2v) is 8.17. The summed E-state index contributed by atoms with van der Waals surface area (Å²) < 4.78 is 0. The Morgan fingerprint density at radius 1 is 1.06 bits per heavy atom. The summed E-state index contributed by atoms with van der Waals surface area (Å²) in [6, 6.07) is 7.00. The summed E-state index contributed by atoms with van der Waals surface area (Å²) in [5.74, 6) is 0.00584. The zero-order valence-corrected chi connectivity index (χ0v) is 17.5. The van der Waals surface area contributed by atoms with Crippen LogP contribution in [0.2, 0.25) is 0 Å². The number of hydrogen-bond donors (Lipinski definition) is 2. The van der Waals surface area contributed by atoms with Crippen molar-refractivity contribution in [2.24, 2.45) is 0 Å². The minimum absolute atomic E-state index is 0.00584. The number of fused-ring (bicyclic) bond motifs is 3. The Labute approximate surface area is 180 Å². The second-order valence-electron chi connectivity index (χ2n) is 8.17. The Kier molecular flexibility index (Phi) is 5.03. The van der Waals surface area contributed by atoms with Gasteiger partial charge in [0, 0.05) is 62.1 Å². The molecule has 0 atom stereocenters. The highest BCUT2D eigenvalue weighted by molar-refractivity contribution is 5.97. The van der Waals surface area contributed by atoms with Crippen LogP contribution in [0.25, 0.3) is 11.0 Å². The molecule has 160 valence electrons. The number of piperazine rings is 1. The van der Waals surface area contributed by atoms with Gasteiger partial charge in [-0.3, -0.25) is 9.89 Å². The number of rotatable bonds is 2. The van der Waals surface area contributed by atoms with Crippen molar-refractivity contribution in [1.82, 2.24) is 29.9 Å². The first-order valence-electron chi connectivity index (χ1n) is 10.5. The van der Waals surface area contributed by atoms with Gasteiger partial charge in [-0.25, -0.2) is 9.78 Å². The fourth-order valence-corrected chi connectivity index (χ4v) is 4.25. The molecule has 31 heavy (non-hydrogen) atoms. The average molecular weight is 419 g/mol. The molecule has 2 aliphatic rings. The number of nitrogens with zero attached hydrogens (tertiary/aromatic N) is 5. The number of hydrogen-bond acceptors (Lipinski definition) is 5. The largest absolute Gasteiger partial charge is 0.336 e. The molecular weight excluding hydrogens is 394 g/mol. The van der Waals surface area contributed by atoms with Crippen LogP contribution < -0.4 is 5.32 Å². The molecule has 1 aromatic carbocycles. The first-order chi connectivity index (χ1) is 15.1. The Hall–Kier alpha value is -3.46. The van der Waals surface area contributed by atoms with Crippen LogP contribution in [0.4, 0.5) is 10.5 Å². The van der Waals surface area contributed by atoms with Crippen LogP contribution >= 0.6 is 0 Å². The van der Waals surface area contributed by atoms with Crippen molar-refractivity contribution in [2.45, 2.75) is 13.0 Å². The lowest BCUT2D eigenvalue weighted by atomic mass is 9.99. The van der Waals surface area contributed by atoms with E-state index in [4.69, 9.17) is 0 Å². The quantitative estimate of drug-likeness (QED) is 0.662. The summed E-state index contributed by atoms with van der Waals surface area (Å²) >= 11 is 0. The van der Waals surface area contributed by atoms with Gasteiger partial charge in [0.25, 0.3) is 5.91 Å². The van der Waals surface area contributed by atoms with E-state index in [0.29, 0.717) is 24.3 Å². The predicted octanol–water partition coefficient (Wildman–Crippen LogP) is 1.94. The molecular formula is C22H25N7O2. The summed E-state index contributed by atoms with van der Waals surface area (Å²) in [4.78, 5) is 36.0. The van der Waals surface area contributed by atoms with E-state index in [1.54, 1.807) is 23.2 Å². The molecule has 9 heteroatoms. The summed E-state index contributed by atoms with van der Waals surface area (Å²) in [7, 11) is 2.06. The smallest absolute Gasteiger partial charge is 0.322 e. The third-order valence-electron chi connectivity index (χ3n) is 6.11. The Morgan fingerprint density at radius 3 is 2.74 bits per heavy atom. The maximum absolute atomic E-state index is 12.9. The van der Waals surface area contributed by atoms with Crippen LogP contribution in [0.5, 0.6) is 0 Å². The monoisotopic (exact) mass is 419 g/mol. The lowest BCUT2D eigenvalue weighted by Crippen LogP contribution is -2.47. The number of benzene rings is 1. The molecule has 1 saturated heterocycles. The van der Waals surface area contributed by atoms with Gasteiger partial charge in [0.05, 0.1) is 6.20 Å². The summed E-state index contributed by atoms with van der Waals surface area (Å²) in [5.41, 5.74) is 4.23. The van der Waals surface area contributed by atoms with E-state index in [2.05, 4.69) is 32.4 Å². The molecule has 0 bridgehead atoms. The normalized spacial score (nSPS) is 16.9. The van der Waals surface area contributed by atoms with E-state index < -0.39 is 0 Å². The maximum atomic E-state index is 12.9. The number of carbonyl (C=O) groups is 2. The van der Waals surface area contributed by atoms with Crippen molar-refractivity contribution >= 4 is 28.7 Å². The van der Waals surface area contributed by atoms with Crippen molar-refractivity contribution in [3.8, 4) is 0 Å². The molecule has 9 nitrogen and oxygen atoms in total. The number of urea groups is 1. The fraction of sp³-hybridized carbons (Fsp3) is 0.364. The topological polar surface area (TPSA) is 97.5 Å². The SMILES string of the molecule is CN1CCN(C(=O)c2cccc(NC(=O)N3CCc4c(cnc5[nH]ncc45)C3)c2)CC1. The van der Waals surface area contributed by atoms with Crippen molar-refractivity contribution in [1.29, 1.82) is 0 Å². The summed E-state index contributed by atoms with van der Waals surface area (Å²) in [6.07, 6.45) is 4.35. The third kappa shape index (κ3) is 3.84. The van der Waals surface area contributed by atoms with Gasteiger partial charge < -0.3 is 20.0 Å². The van der Waals surface area contributed by atoms with Gasteiger partial charge in [0.1, 0.15) is 0 Å². The number of likely N-dealkylation sites (N-methyl/N-ethyl adjacent to an activating group) is 1. The number of aromatic nitrogens is 3. The van der Waals surface area contributed by atoms with Crippen molar-refractivity contribution in [3.63, 3.8) is 0 Å². The Bertz CT molecular complexity index is 1130. The molecule has 3 aromatic rings. The molecule has 5 rings (SSSR count). The number of anilines is 1. The van der Waals surface area contributed by atoms with E-state index in [0.717, 1.165) is 49.2 Å². The lowest BCUT2D eigenvalue weighted by Gasteiger charge is -2.32. The lowest BCUT2D eigenvalue weighted by molar-refractivity contribution is 0.0664. The predicted molar refractivity (Wildman–Crippen MR) is 117 cm³/mol. The number of pyridine rings is 1. The van der Waals surface area contributed by atoms with E-state index in [-0.39, 0.29) is 11.9 Å². The molecule has 2 N–H and O–H groups in total. The maximum Gasteiger partial charge on any atom is 0.322 e. The number of aromatic amines is 1. The van der Waals surface area contributed by atoms with Crippen LogP contribution in [-0.2, 0) is 13.0 Å². The van der Waals surface area contributed by atoms with E-state index in [1.165, 1.54) is 5.56 Å². The van der Waals surface area contributed by atoms with Gasteiger partial charge in [-0.15, -0.1) is 0 Å². The summed E-state index contributed by atoms with van der Waals surface area (Å²) in [5, 5.41) is 10.9. The van der Waals surface area contributed by atoms with Gasteiger partial charge in [0.15, 0.2) is 5.65 Å². The van der Waals surface area contributed by atoms with Crippen LogP contribution in [0.3, 0.4) is 0 Å². The van der Waals surface area contributed by atoms with Gasteiger partial charge in [-0.2, -0.15) is 5.10 Å². The molecule has 2 aliphatic heterocycles. The standard InChI is InChI=1S/C22H25N7O2/c1-27-7-9-28(10-8-27)21(30)15-3-2-4-17(11-15)25-22(31)29-6-5-18-16(14-29)12-23-20-19(18)13-24-26-20/h2-4,11-13H,5-10,14H2,1H3,(H,25,31)(H,23,24,26). The third-order valence-corrected chi connectivity index (χ3v) is 6.11. The van der Waals surface area contributed by atoms with Gasteiger partial charge in [-0.1, -0.05) is 6.07 Å². The van der Waals surface area contributed by atoms with E-state index in [1.807, 2.05) is 23.2 Å². The average Bonchev–Trinajstić information content (AvgIpc) is 3.28. The highest BCUT2D eigenvalue weighted by Crippen LogP contribution is 2.25. The molecule has 2 aromatic heterocycles. The van der Waals surface area contributed by atoms with Gasteiger partial charge >= 0.3 is 6.03 Å². The minimum atomic E-state index is -0.179. The first-order valence-corrected chi connectivity index (χ1v) is 10.5. The highest BCUT2D eigenvalue weighted by Gasteiger charge is 2.24. The molecule has 1 fully saturated rings. The van der Waals surface area contributed by atoms with Gasteiger partial charge in [-0.05, 0) is 42.8 Å². The molecule has 4 heterocycles. The van der Waals surface area contributed by atoms with Crippen LogP contribution in [0, 0.1) is 0 Å². The number of amides is 3. The number of carbonyl (C=O) groups excluding carboxylic acids is 2. The number of nitrogens with one attached hydrogen (secondary N) is 2. The highest BCUT2D eigenvalue weighted by atomic mass is 16.2. The van der Waals surface area contributed by atoms with Crippen molar-refractivity contribution in [2.75, 3.05) is 45.1 Å².